The lowest BCUT2D eigenvalue weighted by molar-refractivity contribution is 0.287. The molecule has 3 N–H and O–H groups in total. The number of nitrogens with zero attached hydrogens (tertiary/aromatic N) is 2. The SMILES string of the molecule is NNc1nc(SCc2ccccc2)nc2c1C1(CCCCC1)Cc1ccccc1-2. The molecule has 0 aliphatic heterocycles. The molecule has 29 heavy (non-hydrogen) atoms. The van der Waals surface area contributed by atoms with Crippen molar-refractivity contribution in [2.45, 2.75) is 54.8 Å². The van der Waals surface area contributed by atoms with Crippen LogP contribution in [0.15, 0.2) is 59.8 Å². The monoisotopic (exact) mass is 402 g/mol. The van der Waals surface area contributed by atoms with Crippen molar-refractivity contribution >= 4 is 17.6 Å². The average molecular weight is 403 g/mol. The van der Waals surface area contributed by atoms with Gasteiger partial charge in [-0.1, -0.05) is 85.6 Å². The van der Waals surface area contributed by atoms with E-state index in [9.17, 15) is 0 Å². The van der Waals surface area contributed by atoms with Gasteiger partial charge in [-0.15, -0.1) is 0 Å². The van der Waals surface area contributed by atoms with Crippen molar-refractivity contribution in [3.05, 3.63) is 71.3 Å². The second-order valence-electron chi connectivity index (χ2n) is 8.17. The van der Waals surface area contributed by atoms with Crippen molar-refractivity contribution in [2.75, 3.05) is 5.43 Å². The molecule has 0 radical (unpaired) electrons. The number of aromatic nitrogens is 2. The fourth-order valence-electron chi connectivity index (χ4n) is 5.04. The normalized spacial score (nSPS) is 16.9. The van der Waals surface area contributed by atoms with Crippen LogP contribution < -0.4 is 11.3 Å². The molecule has 2 aromatic carbocycles. The van der Waals surface area contributed by atoms with Crippen LogP contribution >= 0.6 is 11.8 Å². The molecule has 4 nitrogen and oxygen atoms in total. The zero-order chi connectivity index (χ0) is 19.7. The molecule has 1 spiro atoms. The first-order valence-corrected chi connectivity index (χ1v) is 11.4. The molecule has 3 aromatic rings. The van der Waals surface area contributed by atoms with Crippen LogP contribution in [0.3, 0.4) is 0 Å². The Hall–Kier alpha value is -2.37. The van der Waals surface area contributed by atoms with Crippen LogP contribution in [0.25, 0.3) is 11.3 Å². The molecule has 148 valence electrons. The number of anilines is 1. The second-order valence-corrected chi connectivity index (χ2v) is 9.11. The quantitative estimate of drug-likeness (QED) is 0.262. The van der Waals surface area contributed by atoms with E-state index in [1.807, 2.05) is 6.07 Å². The van der Waals surface area contributed by atoms with Crippen LogP contribution in [0.2, 0.25) is 0 Å². The van der Waals surface area contributed by atoms with Gasteiger partial charge in [-0.25, -0.2) is 15.8 Å². The van der Waals surface area contributed by atoms with Crippen molar-refractivity contribution in [2.24, 2.45) is 5.84 Å². The highest BCUT2D eigenvalue weighted by Crippen LogP contribution is 2.52. The Balaban J connectivity index is 1.60. The number of hydrogen-bond donors (Lipinski definition) is 2. The topological polar surface area (TPSA) is 63.8 Å². The molecule has 5 rings (SSSR count). The summed E-state index contributed by atoms with van der Waals surface area (Å²) in [6.07, 6.45) is 7.26. The maximum atomic E-state index is 6.01. The largest absolute Gasteiger partial charge is 0.308 e. The van der Waals surface area contributed by atoms with Gasteiger partial charge in [0.2, 0.25) is 0 Å². The van der Waals surface area contributed by atoms with Crippen LogP contribution in [0, 0.1) is 0 Å². The first-order valence-electron chi connectivity index (χ1n) is 10.4. The Morgan fingerprint density at radius 1 is 0.931 bits per heavy atom. The molecule has 2 aliphatic rings. The third kappa shape index (κ3) is 3.43. The fourth-order valence-corrected chi connectivity index (χ4v) is 5.84. The summed E-state index contributed by atoms with van der Waals surface area (Å²) in [6.45, 7) is 0. The lowest BCUT2D eigenvalue weighted by Crippen LogP contribution is -2.37. The van der Waals surface area contributed by atoms with Gasteiger partial charge in [0.15, 0.2) is 5.16 Å². The number of nitrogens with two attached hydrogens (primary N) is 1. The van der Waals surface area contributed by atoms with Crippen molar-refractivity contribution in [3.8, 4) is 11.3 Å². The maximum absolute atomic E-state index is 6.01. The molecular weight excluding hydrogens is 376 g/mol. The molecule has 0 bridgehead atoms. The summed E-state index contributed by atoms with van der Waals surface area (Å²) in [5.41, 5.74) is 9.26. The molecule has 5 heteroatoms. The van der Waals surface area contributed by atoms with Gasteiger partial charge in [0, 0.05) is 22.3 Å². The van der Waals surface area contributed by atoms with Gasteiger partial charge in [0.25, 0.3) is 0 Å². The smallest absolute Gasteiger partial charge is 0.190 e. The predicted molar refractivity (Wildman–Crippen MR) is 120 cm³/mol. The summed E-state index contributed by atoms with van der Waals surface area (Å²) in [7, 11) is 0. The first-order chi connectivity index (χ1) is 14.3. The molecule has 1 saturated carbocycles. The fraction of sp³-hybridized carbons (Fsp3) is 0.333. The van der Waals surface area contributed by atoms with E-state index in [0.717, 1.165) is 28.8 Å². The Labute approximate surface area is 176 Å². The van der Waals surface area contributed by atoms with Gasteiger partial charge in [-0.3, -0.25) is 0 Å². The van der Waals surface area contributed by atoms with Crippen LogP contribution in [0.4, 0.5) is 5.82 Å². The highest BCUT2D eigenvalue weighted by molar-refractivity contribution is 7.98. The van der Waals surface area contributed by atoms with Crippen LogP contribution in [0.1, 0.15) is 48.8 Å². The predicted octanol–water partition coefficient (Wildman–Crippen LogP) is 5.48. The van der Waals surface area contributed by atoms with E-state index in [1.54, 1.807) is 11.8 Å². The zero-order valence-corrected chi connectivity index (χ0v) is 17.3. The third-order valence-corrected chi connectivity index (χ3v) is 7.30. The van der Waals surface area contributed by atoms with Gasteiger partial charge in [0.1, 0.15) is 5.82 Å². The minimum atomic E-state index is 0.103. The van der Waals surface area contributed by atoms with E-state index >= 15 is 0 Å². The molecular formula is C24H26N4S. The number of fused-ring (bicyclic) bond motifs is 4. The van der Waals surface area contributed by atoms with Crippen LogP contribution in [0.5, 0.6) is 0 Å². The van der Waals surface area contributed by atoms with Gasteiger partial charge in [0.05, 0.1) is 5.69 Å². The van der Waals surface area contributed by atoms with Crippen LogP contribution in [-0.4, -0.2) is 9.97 Å². The summed E-state index contributed by atoms with van der Waals surface area (Å²) < 4.78 is 0. The van der Waals surface area contributed by atoms with Crippen molar-refractivity contribution < 1.29 is 0 Å². The average Bonchev–Trinajstić information content (AvgIpc) is 2.78. The molecule has 0 unspecified atom stereocenters. The van der Waals surface area contributed by atoms with Crippen molar-refractivity contribution in [1.82, 2.24) is 9.97 Å². The Morgan fingerprint density at radius 2 is 1.69 bits per heavy atom. The van der Waals surface area contributed by atoms with E-state index in [-0.39, 0.29) is 5.41 Å². The minimum Gasteiger partial charge on any atom is -0.308 e. The van der Waals surface area contributed by atoms with Gasteiger partial charge >= 0.3 is 0 Å². The Bertz CT molecular complexity index is 1010. The maximum Gasteiger partial charge on any atom is 0.190 e. The van der Waals surface area contributed by atoms with Gasteiger partial charge in [-0.05, 0) is 30.4 Å². The van der Waals surface area contributed by atoms with Crippen molar-refractivity contribution in [1.29, 1.82) is 0 Å². The molecule has 1 aromatic heterocycles. The lowest BCUT2D eigenvalue weighted by Gasteiger charge is -2.43. The molecule has 2 aliphatic carbocycles. The number of rotatable bonds is 4. The molecule has 0 amide bonds. The summed E-state index contributed by atoms with van der Waals surface area (Å²) >= 11 is 1.67. The van der Waals surface area contributed by atoms with Gasteiger partial charge < -0.3 is 5.43 Å². The highest BCUT2D eigenvalue weighted by atomic mass is 32.2. The second kappa shape index (κ2) is 7.81. The molecule has 1 heterocycles. The molecule has 0 atom stereocenters. The molecule has 1 fully saturated rings. The van der Waals surface area contributed by atoms with Crippen LogP contribution in [-0.2, 0) is 17.6 Å². The Morgan fingerprint density at radius 3 is 2.48 bits per heavy atom. The number of benzene rings is 2. The number of thioether (sulfide) groups is 1. The van der Waals surface area contributed by atoms with E-state index in [1.165, 1.54) is 54.4 Å². The summed E-state index contributed by atoms with van der Waals surface area (Å²) in [6, 6.07) is 19.2. The molecule has 0 saturated heterocycles. The first kappa shape index (κ1) is 18.6. The summed E-state index contributed by atoms with van der Waals surface area (Å²) in [5.74, 6) is 7.66. The van der Waals surface area contributed by atoms with Crippen molar-refractivity contribution in [3.63, 3.8) is 0 Å². The Kier molecular flexibility index (Phi) is 5.02. The van der Waals surface area contributed by atoms with Gasteiger partial charge in [-0.2, -0.15) is 0 Å². The number of nitrogen functional groups attached to an aromatic ring is 1. The number of nitrogens with one attached hydrogen (secondary N) is 1. The van der Waals surface area contributed by atoms with E-state index in [4.69, 9.17) is 15.8 Å². The van der Waals surface area contributed by atoms with E-state index < -0.39 is 0 Å². The lowest BCUT2D eigenvalue weighted by atomic mass is 9.62. The van der Waals surface area contributed by atoms with E-state index in [0.29, 0.717) is 0 Å². The highest BCUT2D eigenvalue weighted by Gasteiger charge is 2.43. The number of hydrogen-bond acceptors (Lipinski definition) is 5. The minimum absolute atomic E-state index is 0.103. The standard InChI is InChI=1S/C24H26N4S/c25-28-22-20-21(26-23(27-22)29-16-17-9-3-1-4-10-17)19-12-6-5-11-18(19)15-24(20)13-7-2-8-14-24/h1,3-6,9-12H,2,7-8,13-16,25H2,(H,26,27,28). The zero-order valence-electron chi connectivity index (χ0n) is 16.5. The third-order valence-electron chi connectivity index (χ3n) is 6.38. The number of hydrazine groups is 1. The summed E-state index contributed by atoms with van der Waals surface area (Å²) in [4.78, 5) is 9.94. The summed E-state index contributed by atoms with van der Waals surface area (Å²) in [5, 5.41) is 0.781. The van der Waals surface area contributed by atoms with E-state index in [2.05, 4.69) is 54.0 Å².